The van der Waals surface area contributed by atoms with Crippen LogP contribution < -0.4 is 5.32 Å². The predicted octanol–water partition coefficient (Wildman–Crippen LogP) is 1.28. The van der Waals surface area contributed by atoms with Crippen LogP contribution in [0.1, 0.15) is 11.1 Å². The number of nitrogens with one attached hydrogen (secondary N) is 1. The molecule has 1 aromatic carbocycles. The van der Waals surface area contributed by atoms with Crippen molar-refractivity contribution in [2.75, 3.05) is 7.05 Å². The zero-order valence-electron chi connectivity index (χ0n) is 6.46. The molecule has 0 bridgehead atoms. The highest BCUT2D eigenvalue weighted by Gasteiger charge is 1.96. The van der Waals surface area contributed by atoms with Crippen LogP contribution in [0.2, 0.25) is 0 Å². The molecule has 1 aromatic rings. The van der Waals surface area contributed by atoms with Gasteiger partial charge < -0.3 is 5.32 Å². The highest BCUT2D eigenvalue weighted by Crippen LogP contribution is 2.05. The van der Waals surface area contributed by atoms with Crippen LogP contribution in [0.15, 0.2) is 24.3 Å². The molecule has 0 spiro atoms. The SMILES string of the molecule is CNCc1ccccc1C#N. The maximum atomic E-state index is 8.67. The smallest absolute Gasteiger partial charge is 0.0995 e. The van der Waals surface area contributed by atoms with Crippen LogP contribution in [0.3, 0.4) is 0 Å². The maximum absolute atomic E-state index is 8.67. The van der Waals surface area contributed by atoms with E-state index in [1.807, 2.05) is 31.3 Å². The number of rotatable bonds is 2. The summed E-state index contributed by atoms with van der Waals surface area (Å²) in [5.41, 5.74) is 1.80. The van der Waals surface area contributed by atoms with E-state index in [-0.39, 0.29) is 0 Å². The van der Waals surface area contributed by atoms with Crippen LogP contribution in [0, 0.1) is 11.3 Å². The Balaban J connectivity index is 2.95. The van der Waals surface area contributed by atoms with Gasteiger partial charge in [-0.1, -0.05) is 18.2 Å². The van der Waals surface area contributed by atoms with Crippen molar-refractivity contribution in [2.45, 2.75) is 6.54 Å². The third-order valence-electron chi connectivity index (χ3n) is 1.51. The average molecular weight is 146 g/mol. The molecule has 0 heterocycles. The minimum atomic E-state index is 0.752. The Labute approximate surface area is 66.5 Å². The summed E-state index contributed by atoms with van der Waals surface area (Å²) in [6, 6.07) is 9.73. The van der Waals surface area contributed by atoms with Crippen molar-refractivity contribution in [1.82, 2.24) is 5.32 Å². The summed E-state index contributed by atoms with van der Waals surface area (Å²) in [6.45, 7) is 0.754. The fourth-order valence-corrected chi connectivity index (χ4v) is 0.974. The fraction of sp³-hybridized carbons (Fsp3) is 0.222. The van der Waals surface area contributed by atoms with E-state index in [1.165, 1.54) is 0 Å². The monoisotopic (exact) mass is 146 g/mol. The number of nitriles is 1. The molecule has 0 aromatic heterocycles. The first kappa shape index (κ1) is 7.77. The van der Waals surface area contributed by atoms with Gasteiger partial charge in [0.2, 0.25) is 0 Å². The topological polar surface area (TPSA) is 35.8 Å². The van der Waals surface area contributed by atoms with E-state index < -0.39 is 0 Å². The molecular weight excluding hydrogens is 136 g/mol. The molecule has 0 aliphatic heterocycles. The van der Waals surface area contributed by atoms with E-state index in [1.54, 1.807) is 0 Å². The minimum Gasteiger partial charge on any atom is -0.316 e. The average Bonchev–Trinajstić information content (AvgIpc) is 2.06. The van der Waals surface area contributed by atoms with E-state index in [2.05, 4.69) is 11.4 Å². The highest BCUT2D eigenvalue weighted by atomic mass is 14.8. The van der Waals surface area contributed by atoms with Gasteiger partial charge in [0.15, 0.2) is 0 Å². The second-order valence-corrected chi connectivity index (χ2v) is 2.30. The highest BCUT2D eigenvalue weighted by molar-refractivity contribution is 5.37. The third kappa shape index (κ3) is 1.79. The Morgan fingerprint density at radius 2 is 2.18 bits per heavy atom. The molecule has 11 heavy (non-hydrogen) atoms. The summed E-state index contributed by atoms with van der Waals surface area (Å²) in [5, 5.41) is 11.7. The maximum Gasteiger partial charge on any atom is 0.0995 e. The number of hydrogen-bond acceptors (Lipinski definition) is 2. The van der Waals surface area contributed by atoms with Crippen LogP contribution in [0.5, 0.6) is 0 Å². The molecule has 2 heteroatoms. The molecule has 0 unspecified atom stereocenters. The molecule has 0 radical (unpaired) electrons. The standard InChI is InChI=1S/C9H10N2/c1-11-7-9-5-3-2-4-8(9)6-10/h2-5,11H,7H2,1H3. The van der Waals surface area contributed by atoms with Crippen molar-refractivity contribution in [3.8, 4) is 6.07 Å². The summed E-state index contributed by atoms with van der Waals surface area (Å²) < 4.78 is 0. The van der Waals surface area contributed by atoms with Crippen molar-refractivity contribution in [3.05, 3.63) is 35.4 Å². The van der Waals surface area contributed by atoms with Crippen molar-refractivity contribution in [1.29, 1.82) is 5.26 Å². The molecule has 56 valence electrons. The second-order valence-electron chi connectivity index (χ2n) is 2.30. The van der Waals surface area contributed by atoms with Crippen molar-refractivity contribution >= 4 is 0 Å². The second kappa shape index (κ2) is 3.75. The zero-order chi connectivity index (χ0) is 8.10. The molecule has 0 aliphatic rings. The van der Waals surface area contributed by atoms with Gasteiger partial charge in [0.25, 0.3) is 0 Å². The largest absolute Gasteiger partial charge is 0.316 e. The van der Waals surface area contributed by atoms with E-state index >= 15 is 0 Å². The van der Waals surface area contributed by atoms with Gasteiger partial charge >= 0.3 is 0 Å². The van der Waals surface area contributed by atoms with Crippen LogP contribution in [-0.4, -0.2) is 7.05 Å². The first-order valence-corrected chi connectivity index (χ1v) is 3.51. The molecular formula is C9H10N2. The van der Waals surface area contributed by atoms with E-state index in [4.69, 9.17) is 5.26 Å². The van der Waals surface area contributed by atoms with Crippen LogP contribution in [0.25, 0.3) is 0 Å². The first-order valence-electron chi connectivity index (χ1n) is 3.51. The number of benzene rings is 1. The van der Waals surface area contributed by atoms with Gasteiger partial charge in [-0.3, -0.25) is 0 Å². The molecule has 0 saturated carbocycles. The predicted molar refractivity (Wildman–Crippen MR) is 43.9 cm³/mol. The number of nitrogens with zero attached hydrogens (tertiary/aromatic N) is 1. The summed E-state index contributed by atoms with van der Waals surface area (Å²) >= 11 is 0. The normalized spacial score (nSPS) is 9.09. The summed E-state index contributed by atoms with van der Waals surface area (Å²) in [7, 11) is 1.87. The summed E-state index contributed by atoms with van der Waals surface area (Å²) in [6.07, 6.45) is 0. The lowest BCUT2D eigenvalue weighted by molar-refractivity contribution is 0.815. The van der Waals surface area contributed by atoms with Gasteiger partial charge in [-0.25, -0.2) is 0 Å². The summed E-state index contributed by atoms with van der Waals surface area (Å²) in [4.78, 5) is 0. The minimum absolute atomic E-state index is 0.752. The Kier molecular flexibility index (Phi) is 2.65. The van der Waals surface area contributed by atoms with Crippen molar-refractivity contribution < 1.29 is 0 Å². The van der Waals surface area contributed by atoms with E-state index in [0.29, 0.717) is 0 Å². The van der Waals surface area contributed by atoms with Crippen LogP contribution in [0.4, 0.5) is 0 Å². The third-order valence-corrected chi connectivity index (χ3v) is 1.51. The van der Waals surface area contributed by atoms with E-state index in [0.717, 1.165) is 17.7 Å². The summed E-state index contributed by atoms with van der Waals surface area (Å²) in [5.74, 6) is 0. The molecule has 0 saturated heterocycles. The quantitative estimate of drug-likeness (QED) is 0.682. The molecule has 0 atom stereocenters. The molecule has 1 N–H and O–H groups in total. The lowest BCUT2D eigenvalue weighted by Crippen LogP contribution is -2.06. The Morgan fingerprint density at radius 1 is 1.45 bits per heavy atom. The molecule has 0 fully saturated rings. The van der Waals surface area contributed by atoms with Gasteiger partial charge in [0, 0.05) is 6.54 Å². The Morgan fingerprint density at radius 3 is 2.82 bits per heavy atom. The van der Waals surface area contributed by atoms with Crippen molar-refractivity contribution in [2.24, 2.45) is 0 Å². The van der Waals surface area contributed by atoms with Gasteiger partial charge in [0.1, 0.15) is 0 Å². The van der Waals surface area contributed by atoms with Gasteiger partial charge in [-0.2, -0.15) is 5.26 Å². The van der Waals surface area contributed by atoms with Gasteiger partial charge in [0.05, 0.1) is 11.6 Å². The lowest BCUT2D eigenvalue weighted by atomic mass is 10.1. The van der Waals surface area contributed by atoms with Crippen molar-refractivity contribution in [3.63, 3.8) is 0 Å². The van der Waals surface area contributed by atoms with Gasteiger partial charge in [-0.05, 0) is 18.7 Å². The lowest BCUT2D eigenvalue weighted by Gasteiger charge is -2.00. The molecule has 2 nitrogen and oxygen atoms in total. The van der Waals surface area contributed by atoms with Gasteiger partial charge in [-0.15, -0.1) is 0 Å². The fourth-order valence-electron chi connectivity index (χ4n) is 0.974. The van der Waals surface area contributed by atoms with E-state index in [9.17, 15) is 0 Å². The Hall–Kier alpha value is -1.33. The van der Waals surface area contributed by atoms with Crippen LogP contribution >= 0.6 is 0 Å². The molecule has 0 amide bonds. The molecule has 0 aliphatic carbocycles. The molecule has 1 rings (SSSR count). The first-order chi connectivity index (χ1) is 5.38. The zero-order valence-corrected chi connectivity index (χ0v) is 6.46. The van der Waals surface area contributed by atoms with Crippen LogP contribution in [-0.2, 0) is 6.54 Å². The number of hydrogen-bond donors (Lipinski definition) is 1. The Bertz CT molecular complexity index is 273.